The van der Waals surface area contributed by atoms with Crippen LogP contribution in [0.5, 0.6) is 0 Å². The maximum atomic E-state index is 12.9. The molecule has 2 rings (SSSR count). The molecule has 11 nitrogen and oxygen atoms in total. The van der Waals surface area contributed by atoms with E-state index in [-0.39, 0.29) is 5.91 Å². The van der Waals surface area contributed by atoms with Crippen LogP contribution in [0.1, 0.15) is 46.5 Å². The van der Waals surface area contributed by atoms with Gasteiger partial charge in [-0.15, -0.1) is 0 Å². The zero-order chi connectivity index (χ0) is 22.6. The molecule has 0 saturated carbocycles. The number of aliphatic hydroxyl groups is 1. The average Bonchev–Trinajstić information content (AvgIpc) is 3.35. The molecule has 0 bridgehead atoms. The largest absolute Gasteiger partial charge is 0.479 e. The Bertz CT molecular complexity index is 713. The molecule has 0 radical (unpaired) electrons. The highest BCUT2D eigenvalue weighted by Crippen LogP contribution is 2.20. The topological polar surface area (TPSA) is 156 Å². The van der Waals surface area contributed by atoms with E-state index in [1.807, 2.05) is 0 Å². The van der Waals surface area contributed by atoms with Gasteiger partial charge in [-0.1, -0.05) is 0 Å². The minimum Gasteiger partial charge on any atom is -0.479 e. The average molecular weight is 426 g/mol. The van der Waals surface area contributed by atoms with Crippen LogP contribution in [0.15, 0.2) is 0 Å². The molecule has 0 aliphatic carbocycles. The Balaban J connectivity index is 1.97. The standard InChI is InChI=1S/C19H30N4O7/c1-10(15(25)19(29)30)20-17(27)14-7-5-9-23(14)18(28)11(2)21-16(26)13-6-4-8-22(13)12(3)24/h10-11,13-15,25H,4-9H2,1-3H3,(H,20,27)(H,21,26)(H,29,30)/t10?,11-,13-,14-,15?/m0/s1. The summed E-state index contributed by atoms with van der Waals surface area (Å²) in [5.74, 6) is -3.03. The Labute approximate surface area is 174 Å². The van der Waals surface area contributed by atoms with Gasteiger partial charge in [0.15, 0.2) is 6.10 Å². The minimum atomic E-state index is -1.76. The van der Waals surface area contributed by atoms with Gasteiger partial charge in [-0.2, -0.15) is 0 Å². The lowest BCUT2D eigenvalue weighted by Crippen LogP contribution is -2.56. The normalized spacial score (nSPS) is 24.1. The molecule has 168 valence electrons. The van der Waals surface area contributed by atoms with Gasteiger partial charge in [0, 0.05) is 20.0 Å². The van der Waals surface area contributed by atoms with Crippen molar-refractivity contribution in [1.82, 2.24) is 20.4 Å². The quantitative estimate of drug-likeness (QED) is 0.384. The van der Waals surface area contributed by atoms with Gasteiger partial charge in [0.05, 0.1) is 6.04 Å². The van der Waals surface area contributed by atoms with Crippen molar-refractivity contribution in [2.24, 2.45) is 0 Å². The number of hydrogen-bond acceptors (Lipinski definition) is 6. The summed E-state index contributed by atoms with van der Waals surface area (Å²) in [6, 6.07) is -3.32. The maximum absolute atomic E-state index is 12.9. The van der Waals surface area contributed by atoms with Gasteiger partial charge >= 0.3 is 5.97 Å². The first-order valence-corrected chi connectivity index (χ1v) is 10.1. The molecule has 4 amide bonds. The van der Waals surface area contributed by atoms with Crippen LogP contribution in [0.2, 0.25) is 0 Å². The van der Waals surface area contributed by atoms with E-state index in [0.29, 0.717) is 32.4 Å². The van der Waals surface area contributed by atoms with Crippen LogP contribution in [-0.2, 0) is 24.0 Å². The molecule has 2 aliphatic rings. The van der Waals surface area contributed by atoms with Crippen LogP contribution in [0.4, 0.5) is 0 Å². The zero-order valence-corrected chi connectivity index (χ0v) is 17.5. The van der Waals surface area contributed by atoms with E-state index in [4.69, 9.17) is 5.11 Å². The Morgan fingerprint density at radius 1 is 0.900 bits per heavy atom. The van der Waals surface area contributed by atoms with Crippen LogP contribution >= 0.6 is 0 Å². The number of amides is 4. The number of likely N-dealkylation sites (tertiary alicyclic amines) is 2. The van der Waals surface area contributed by atoms with Crippen molar-refractivity contribution < 1.29 is 34.2 Å². The smallest absolute Gasteiger partial charge is 0.334 e. The molecule has 0 spiro atoms. The first-order chi connectivity index (χ1) is 14.0. The summed E-state index contributed by atoms with van der Waals surface area (Å²) in [5, 5.41) is 23.5. The summed E-state index contributed by atoms with van der Waals surface area (Å²) < 4.78 is 0. The van der Waals surface area contributed by atoms with Crippen molar-refractivity contribution in [1.29, 1.82) is 0 Å². The van der Waals surface area contributed by atoms with Crippen molar-refractivity contribution in [3.05, 3.63) is 0 Å². The summed E-state index contributed by atoms with van der Waals surface area (Å²) >= 11 is 0. The predicted molar refractivity (Wildman–Crippen MR) is 104 cm³/mol. The molecule has 11 heteroatoms. The molecule has 0 aromatic rings. The van der Waals surface area contributed by atoms with Crippen LogP contribution in [0.3, 0.4) is 0 Å². The lowest BCUT2D eigenvalue weighted by Gasteiger charge is -2.29. The number of carboxylic acid groups (broad SMARTS) is 1. The SMILES string of the molecule is CC(=O)N1CCC[C@H]1C(=O)N[C@@H](C)C(=O)N1CCC[C@H]1C(=O)NC(C)C(O)C(=O)O. The Morgan fingerprint density at radius 3 is 1.93 bits per heavy atom. The van der Waals surface area contributed by atoms with E-state index in [2.05, 4.69) is 10.6 Å². The number of nitrogens with one attached hydrogen (secondary N) is 2. The van der Waals surface area contributed by atoms with Crippen molar-refractivity contribution in [2.75, 3.05) is 13.1 Å². The van der Waals surface area contributed by atoms with E-state index in [0.717, 1.165) is 6.42 Å². The molecular weight excluding hydrogens is 396 g/mol. The van der Waals surface area contributed by atoms with Gasteiger partial charge in [0.1, 0.15) is 18.1 Å². The number of hydrogen-bond donors (Lipinski definition) is 4. The molecule has 4 N–H and O–H groups in total. The molecule has 0 aromatic carbocycles. The molecule has 5 atom stereocenters. The summed E-state index contributed by atoms with van der Waals surface area (Å²) in [5.41, 5.74) is 0. The fraction of sp³-hybridized carbons (Fsp3) is 0.737. The van der Waals surface area contributed by atoms with Crippen LogP contribution < -0.4 is 10.6 Å². The van der Waals surface area contributed by atoms with Crippen LogP contribution in [-0.4, -0.2) is 93.0 Å². The van der Waals surface area contributed by atoms with E-state index in [1.54, 1.807) is 0 Å². The summed E-state index contributed by atoms with van der Waals surface area (Å²) in [4.78, 5) is 63.3. The number of nitrogens with zero attached hydrogens (tertiary/aromatic N) is 2. The summed E-state index contributed by atoms with van der Waals surface area (Å²) in [6.07, 6.45) is 0.476. The highest BCUT2D eigenvalue weighted by molar-refractivity contribution is 5.94. The minimum absolute atomic E-state index is 0.194. The van der Waals surface area contributed by atoms with E-state index in [9.17, 15) is 29.1 Å². The molecule has 2 heterocycles. The Hall–Kier alpha value is -2.69. The van der Waals surface area contributed by atoms with Gasteiger partial charge in [-0.3, -0.25) is 19.2 Å². The number of aliphatic carboxylic acids is 1. The third-order valence-electron chi connectivity index (χ3n) is 5.62. The third-order valence-corrected chi connectivity index (χ3v) is 5.62. The third kappa shape index (κ3) is 5.26. The van der Waals surface area contributed by atoms with Crippen LogP contribution in [0.25, 0.3) is 0 Å². The number of carboxylic acids is 1. The van der Waals surface area contributed by atoms with E-state index in [1.165, 1.54) is 30.6 Å². The molecule has 2 unspecified atom stereocenters. The number of aliphatic hydroxyl groups excluding tert-OH is 1. The van der Waals surface area contributed by atoms with Crippen LogP contribution in [0, 0.1) is 0 Å². The van der Waals surface area contributed by atoms with E-state index >= 15 is 0 Å². The van der Waals surface area contributed by atoms with Gasteiger partial charge in [-0.25, -0.2) is 4.79 Å². The summed E-state index contributed by atoms with van der Waals surface area (Å²) in [6.45, 7) is 5.12. The molecule has 2 saturated heterocycles. The highest BCUT2D eigenvalue weighted by atomic mass is 16.4. The fourth-order valence-corrected chi connectivity index (χ4v) is 3.95. The summed E-state index contributed by atoms with van der Waals surface area (Å²) in [7, 11) is 0. The second kappa shape index (κ2) is 9.88. The Morgan fingerprint density at radius 2 is 1.40 bits per heavy atom. The lowest BCUT2D eigenvalue weighted by molar-refractivity contribution is -0.149. The molecule has 0 aromatic heterocycles. The van der Waals surface area contributed by atoms with Gasteiger partial charge in [0.25, 0.3) is 0 Å². The van der Waals surface area contributed by atoms with E-state index < -0.39 is 54.0 Å². The molecule has 2 fully saturated rings. The second-order valence-electron chi connectivity index (χ2n) is 7.87. The first kappa shape index (κ1) is 23.6. The van der Waals surface area contributed by atoms with Crippen molar-refractivity contribution in [2.45, 2.75) is 76.7 Å². The van der Waals surface area contributed by atoms with Gasteiger partial charge in [-0.05, 0) is 39.5 Å². The first-order valence-electron chi connectivity index (χ1n) is 10.1. The number of carbonyl (C=O) groups is 5. The van der Waals surface area contributed by atoms with Crippen molar-refractivity contribution >= 4 is 29.6 Å². The molecule has 2 aliphatic heterocycles. The van der Waals surface area contributed by atoms with Crippen molar-refractivity contribution in [3.8, 4) is 0 Å². The van der Waals surface area contributed by atoms with Gasteiger partial charge in [0.2, 0.25) is 23.6 Å². The van der Waals surface area contributed by atoms with Crippen molar-refractivity contribution in [3.63, 3.8) is 0 Å². The van der Waals surface area contributed by atoms with Gasteiger partial charge < -0.3 is 30.6 Å². The molecular formula is C19H30N4O7. The second-order valence-corrected chi connectivity index (χ2v) is 7.87. The monoisotopic (exact) mass is 426 g/mol. The Kier molecular flexibility index (Phi) is 7.77. The zero-order valence-electron chi connectivity index (χ0n) is 17.5. The predicted octanol–water partition coefficient (Wildman–Crippen LogP) is -1.56. The molecule has 30 heavy (non-hydrogen) atoms. The number of carbonyl (C=O) groups excluding carboxylic acids is 4. The fourth-order valence-electron chi connectivity index (χ4n) is 3.95. The maximum Gasteiger partial charge on any atom is 0.334 e. The lowest BCUT2D eigenvalue weighted by atomic mass is 10.1. The highest BCUT2D eigenvalue weighted by Gasteiger charge is 2.39. The number of rotatable bonds is 7.